The van der Waals surface area contributed by atoms with Crippen LogP contribution in [0.4, 0.5) is 0 Å². The van der Waals surface area contributed by atoms with Crippen molar-refractivity contribution in [2.45, 2.75) is 245 Å². The Kier molecular flexibility index (Phi) is 53.0. The van der Waals surface area contributed by atoms with Crippen molar-refractivity contribution in [1.29, 1.82) is 0 Å². The van der Waals surface area contributed by atoms with Gasteiger partial charge in [0, 0.05) is 19.3 Å². The lowest BCUT2D eigenvalue weighted by Gasteiger charge is -2.18. The second-order valence-corrected chi connectivity index (χ2v) is 18.3. The fourth-order valence-electron chi connectivity index (χ4n) is 7.41. The molecule has 6 nitrogen and oxygen atoms in total. The van der Waals surface area contributed by atoms with Crippen LogP contribution in [0.1, 0.15) is 239 Å². The van der Waals surface area contributed by atoms with Gasteiger partial charge in [0.2, 0.25) is 0 Å². The Bertz CT molecular complexity index is 1470. The number of unbranched alkanes of at least 4 members (excludes halogenated alkanes) is 25. The van der Waals surface area contributed by atoms with E-state index in [9.17, 15) is 14.4 Å². The minimum atomic E-state index is -0.814. The monoisotopic (exact) mass is 955 g/mol. The molecule has 6 heteroatoms. The molecule has 0 aromatic rings. The van der Waals surface area contributed by atoms with Crippen LogP contribution in [0.15, 0.2) is 122 Å². The van der Waals surface area contributed by atoms with Gasteiger partial charge in [-0.15, -0.1) is 0 Å². The predicted octanol–water partition coefficient (Wildman–Crippen LogP) is 18.9. The Labute approximate surface area is 424 Å². The molecule has 0 aromatic carbocycles. The van der Waals surface area contributed by atoms with E-state index < -0.39 is 6.10 Å². The average Bonchev–Trinajstić information content (AvgIpc) is 3.35. The van der Waals surface area contributed by atoms with Crippen LogP contribution in [-0.4, -0.2) is 37.2 Å². The van der Waals surface area contributed by atoms with Gasteiger partial charge in [0.1, 0.15) is 13.2 Å². The number of carbonyl (C=O) groups is 3. The van der Waals surface area contributed by atoms with Gasteiger partial charge in [-0.05, 0) is 89.9 Å². The van der Waals surface area contributed by atoms with Crippen molar-refractivity contribution >= 4 is 17.9 Å². The largest absolute Gasteiger partial charge is 0.462 e. The van der Waals surface area contributed by atoms with Crippen molar-refractivity contribution in [2.75, 3.05) is 13.2 Å². The molecule has 0 saturated carbocycles. The van der Waals surface area contributed by atoms with Crippen LogP contribution in [0, 0.1) is 0 Å². The number of carbonyl (C=O) groups excluding carboxylic acids is 3. The molecular formula is C63H102O6. The quantitative estimate of drug-likeness (QED) is 0.0199. The van der Waals surface area contributed by atoms with Gasteiger partial charge in [-0.1, -0.05) is 251 Å². The van der Waals surface area contributed by atoms with Crippen LogP contribution < -0.4 is 0 Å². The van der Waals surface area contributed by atoms with Crippen molar-refractivity contribution in [2.24, 2.45) is 0 Å². The number of hydrogen-bond donors (Lipinski definition) is 0. The molecule has 390 valence electrons. The van der Waals surface area contributed by atoms with E-state index in [1.165, 1.54) is 89.9 Å². The Morgan fingerprint density at radius 2 is 0.580 bits per heavy atom. The molecule has 1 atom stereocenters. The highest BCUT2D eigenvalue weighted by Gasteiger charge is 2.19. The molecule has 0 N–H and O–H groups in total. The topological polar surface area (TPSA) is 78.9 Å². The molecule has 0 fully saturated rings. The SMILES string of the molecule is CC\C=C/C=C\C=C/C=C\C=C/CCCCCC(=O)OCC(COC(=O)CCCCCCC\C=C/C=C\C=C/C=C\CCCCC)OC(=O)CCCCCCC/C=C\CCCCCCCCCCC. The fraction of sp³-hybridized carbons (Fsp3) is 0.635. The van der Waals surface area contributed by atoms with E-state index in [0.717, 1.165) is 109 Å². The maximum absolute atomic E-state index is 12.9. The smallest absolute Gasteiger partial charge is 0.306 e. The molecule has 0 bridgehead atoms. The highest BCUT2D eigenvalue weighted by molar-refractivity contribution is 5.71. The van der Waals surface area contributed by atoms with Crippen LogP contribution in [0.3, 0.4) is 0 Å². The Hall–Kier alpha value is -4.19. The molecule has 0 saturated heterocycles. The van der Waals surface area contributed by atoms with E-state index in [-0.39, 0.29) is 31.1 Å². The molecule has 0 aliphatic rings. The first-order valence-corrected chi connectivity index (χ1v) is 28.2. The van der Waals surface area contributed by atoms with E-state index in [1.807, 2.05) is 48.6 Å². The van der Waals surface area contributed by atoms with Crippen LogP contribution in [-0.2, 0) is 28.6 Å². The highest BCUT2D eigenvalue weighted by atomic mass is 16.6. The number of ether oxygens (including phenoxy) is 3. The summed E-state index contributed by atoms with van der Waals surface area (Å²) in [7, 11) is 0. The first-order chi connectivity index (χ1) is 34.0. The molecule has 0 spiro atoms. The summed E-state index contributed by atoms with van der Waals surface area (Å²) in [6.07, 6.45) is 77.5. The zero-order valence-corrected chi connectivity index (χ0v) is 44.5. The summed E-state index contributed by atoms with van der Waals surface area (Å²) in [5, 5.41) is 0. The van der Waals surface area contributed by atoms with Gasteiger partial charge in [0.05, 0.1) is 0 Å². The lowest BCUT2D eigenvalue weighted by atomic mass is 10.1. The number of hydrogen-bond acceptors (Lipinski definition) is 6. The summed E-state index contributed by atoms with van der Waals surface area (Å²) < 4.78 is 16.8. The third-order valence-corrected chi connectivity index (χ3v) is 11.6. The zero-order valence-electron chi connectivity index (χ0n) is 44.5. The number of esters is 3. The Morgan fingerprint density at radius 3 is 0.971 bits per heavy atom. The second kappa shape index (κ2) is 56.4. The standard InChI is InChI=1S/C63H102O6/c1-4-7-10-13-16-19-22-25-28-30-32-35-38-41-44-47-50-53-56-62(65)68-59-60(58-67-61(64)55-52-49-46-43-40-37-34-27-24-21-18-15-12-9-6-3)69-63(66)57-54-51-48-45-42-39-36-33-31-29-26-23-20-17-14-11-8-5-2/h9,12,15-16,18-19,21-22,24-25,27-28,30,32-37,40,60H,4-8,10-11,13-14,17,20,23,26,29,31,38-39,41-59H2,1-3H3/b12-9-,18-15-,19-16-,24-21-,25-22-,30-28-,34-27-,35-32-,36-33-,40-37-. The number of allylic oxidation sites excluding steroid dienone is 20. The zero-order chi connectivity index (χ0) is 50.0. The van der Waals surface area contributed by atoms with Gasteiger partial charge >= 0.3 is 17.9 Å². The minimum Gasteiger partial charge on any atom is -0.462 e. The summed E-state index contributed by atoms with van der Waals surface area (Å²) in [6.45, 7) is 6.39. The van der Waals surface area contributed by atoms with Crippen molar-refractivity contribution in [3.63, 3.8) is 0 Å². The highest BCUT2D eigenvalue weighted by Crippen LogP contribution is 2.14. The van der Waals surface area contributed by atoms with Crippen LogP contribution in [0.25, 0.3) is 0 Å². The summed E-state index contributed by atoms with van der Waals surface area (Å²) in [5.74, 6) is -0.985. The van der Waals surface area contributed by atoms with Crippen LogP contribution in [0.5, 0.6) is 0 Å². The van der Waals surface area contributed by atoms with Crippen LogP contribution >= 0.6 is 0 Å². The lowest BCUT2D eigenvalue weighted by molar-refractivity contribution is -0.167. The lowest BCUT2D eigenvalue weighted by Crippen LogP contribution is -2.30. The summed E-state index contributed by atoms with van der Waals surface area (Å²) in [5.41, 5.74) is 0. The molecule has 0 radical (unpaired) electrons. The minimum absolute atomic E-state index is 0.111. The van der Waals surface area contributed by atoms with Crippen molar-refractivity contribution < 1.29 is 28.6 Å². The molecule has 0 heterocycles. The molecule has 0 rings (SSSR count). The van der Waals surface area contributed by atoms with Gasteiger partial charge in [-0.2, -0.15) is 0 Å². The summed E-state index contributed by atoms with van der Waals surface area (Å²) in [4.78, 5) is 38.1. The third kappa shape index (κ3) is 54.6. The molecule has 0 aliphatic carbocycles. The van der Waals surface area contributed by atoms with Crippen molar-refractivity contribution in [1.82, 2.24) is 0 Å². The Balaban J connectivity index is 4.53. The fourth-order valence-corrected chi connectivity index (χ4v) is 7.41. The van der Waals surface area contributed by atoms with E-state index in [2.05, 4.69) is 93.7 Å². The first kappa shape index (κ1) is 64.8. The van der Waals surface area contributed by atoms with E-state index in [4.69, 9.17) is 14.2 Å². The average molecular weight is 956 g/mol. The van der Waals surface area contributed by atoms with Gasteiger partial charge in [-0.3, -0.25) is 14.4 Å². The van der Waals surface area contributed by atoms with Gasteiger partial charge in [0.15, 0.2) is 6.10 Å². The normalized spacial score (nSPS) is 13.0. The molecule has 1 unspecified atom stereocenters. The van der Waals surface area contributed by atoms with E-state index >= 15 is 0 Å². The molecular weight excluding hydrogens is 853 g/mol. The number of rotatable bonds is 49. The molecule has 0 amide bonds. The maximum atomic E-state index is 12.9. The Morgan fingerprint density at radius 1 is 0.304 bits per heavy atom. The van der Waals surface area contributed by atoms with Gasteiger partial charge in [-0.25, -0.2) is 0 Å². The summed E-state index contributed by atoms with van der Waals surface area (Å²) >= 11 is 0. The van der Waals surface area contributed by atoms with Crippen LogP contribution in [0.2, 0.25) is 0 Å². The predicted molar refractivity (Wildman–Crippen MR) is 297 cm³/mol. The van der Waals surface area contributed by atoms with Crippen molar-refractivity contribution in [3.05, 3.63) is 122 Å². The maximum Gasteiger partial charge on any atom is 0.306 e. The van der Waals surface area contributed by atoms with Gasteiger partial charge in [0.25, 0.3) is 0 Å². The second-order valence-electron chi connectivity index (χ2n) is 18.3. The summed E-state index contributed by atoms with van der Waals surface area (Å²) in [6, 6.07) is 0. The molecule has 0 aliphatic heterocycles. The first-order valence-electron chi connectivity index (χ1n) is 28.2. The molecule has 69 heavy (non-hydrogen) atoms. The van der Waals surface area contributed by atoms with Gasteiger partial charge < -0.3 is 14.2 Å². The van der Waals surface area contributed by atoms with Crippen molar-refractivity contribution in [3.8, 4) is 0 Å². The van der Waals surface area contributed by atoms with E-state index in [0.29, 0.717) is 19.3 Å². The van der Waals surface area contributed by atoms with E-state index in [1.54, 1.807) is 0 Å². The third-order valence-electron chi connectivity index (χ3n) is 11.6. The molecule has 0 aromatic heterocycles.